The summed E-state index contributed by atoms with van der Waals surface area (Å²) in [6.07, 6.45) is 0.0659. The minimum atomic E-state index is -0.744. The summed E-state index contributed by atoms with van der Waals surface area (Å²) in [5, 5.41) is 2.46. The molecule has 0 aliphatic heterocycles. The number of nitrogens with two attached hydrogens (primary N) is 2. The van der Waals surface area contributed by atoms with Gasteiger partial charge in [-0.3, -0.25) is 9.18 Å². The van der Waals surface area contributed by atoms with Gasteiger partial charge in [-0.15, -0.1) is 0 Å². The Kier molecular flexibility index (Phi) is 5.68. The van der Waals surface area contributed by atoms with E-state index in [9.17, 15) is 9.18 Å². The largest absolute Gasteiger partial charge is 0.353 e. The lowest BCUT2D eigenvalue weighted by molar-refractivity contribution is -0.122. The summed E-state index contributed by atoms with van der Waals surface area (Å²) in [5.41, 5.74) is 10.4. The Labute approximate surface area is 65.1 Å². The van der Waals surface area contributed by atoms with E-state index in [1.165, 1.54) is 0 Å². The minimum Gasteiger partial charge on any atom is -0.353 e. The summed E-state index contributed by atoms with van der Waals surface area (Å²) in [4.78, 5) is 10.8. The minimum absolute atomic E-state index is 0.0659. The topological polar surface area (TPSA) is 81.1 Å². The van der Waals surface area contributed by atoms with Gasteiger partial charge in [-0.1, -0.05) is 0 Å². The Hall–Kier alpha value is -0.680. The molecule has 0 aromatic heterocycles. The van der Waals surface area contributed by atoms with Crippen molar-refractivity contribution in [2.45, 2.75) is 12.5 Å². The van der Waals surface area contributed by atoms with Gasteiger partial charge in [0, 0.05) is 13.1 Å². The highest BCUT2D eigenvalue weighted by molar-refractivity contribution is 5.81. The molecule has 0 saturated heterocycles. The van der Waals surface area contributed by atoms with E-state index >= 15 is 0 Å². The molecule has 1 amide bonds. The highest BCUT2D eigenvalue weighted by atomic mass is 19.1. The molecule has 1 unspecified atom stereocenters. The summed E-state index contributed by atoms with van der Waals surface area (Å²) in [5.74, 6) is -0.340. The van der Waals surface area contributed by atoms with Crippen molar-refractivity contribution in [3.63, 3.8) is 0 Å². The number of halogens is 1. The van der Waals surface area contributed by atoms with Crippen molar-refractivity contribution in [3.8, 4) is 0 Å². The molecule has 0 radical (unpaired) electrons. The average molecular weight is 163 g/mol. The van der Waals surface area contributed by atoms with E-state index in [2.05, 4.69) is 5.32 Å². The number of nitrogens with one attached hydrogen (secondary N) is 1. The summed E-state index contributed by atoms with van der Waals surface area (Å²) in [6, 6.07) is -0.744. The highest BCUT2D eigenvalue weighted by Gasteiger charge is 2.10. The van der Waals surface area contributed by atoms with E-state index in [-0.39, 0.29) is 12.3 Å². The molecule has 0 aliphatic rings. The van der Waals surface area contributed by atoms with Crippen molar-refractivity contribution in [1.82, 2.24) is 5.32 Å². The Morgan fingerprint density at radius 2 is 2.27 bits per heavy atom. The van der Waals surface area contributed by atoms with Crippen molar-refractivity contribution in [3.05, 3.63) is 0 Å². The second kappa shape index (κ2) is 6.06. The first-order chi connectivity index (χ1) is 5.22. The predicted octanol–water partition coefficient (Wildman–Crippen LogP) is -1.25. The zero-order valence-electron chi connectivity index (χ0n) is 6.35. The number of amides is 1. The van der Waals surface area contributed by atoms with Crippen LogP contribution in [0, 0.1) is 0 Å². The molecule has 11 heavy (non-hydrogen) atoms. The molecule has 5 heteroatoms. The SMILES string of the molecule is NCCNC(=O)C(N)CCF. The molecular weight excluding hydrogens is 149 g/mol. The monoisotopic (exact) mass is 163 g/mol. The molecule has 66 valence electrons. The number of alkyl halides is 1. The number of carbonyl (C=O) groups is 1. The van der Waals surface area contributed by atoms with Gasteiger partial charge < -0.3 is 16.8 Å². The lowest BCUT2D eigenvalue weighted by Gasteiger charge is -2.08. The van der Waals surface area contributed by atoms with Crippen LogP contribution in [0.1, 0.15) is 6.42 Å². The third-order valence-corrected chi connectivity index (χ3v) is 1.20. The fourth-order valence-corrected chi connectivity index (χ4v) is 0.575. The van der Waals surface area contributed by atoms with E-state index in [0.717, 1.165) is 0 Å². The van der Waals surface area contributed by atoms with Gasteiger partial charge in [0.15, 0.2) is 0 Å². The molecule has 0 aromatic carbocycles. The molecule has 0 bridgehead atoms. The van der Waals surface area contributed by atoms with Gasteiger partial charge in [0.1, 0.15) is 0 Å². The van der Waals surface area contributed by atoms with Crippen LogP contribution in [0.2, 0.25) is 0 Å². The van der Waals surface area contributed by atoms with E-state index in [1.54, 1.807) is 0 Å². The molecule has 0 aliphatic carbocycles. The Morgan fingerprint density at radius 3 is 2.73 bits per heavy atom. The highest BCUT2D eigenvalue weighted by Crippen LogP contribution is 1.87. The quantitative estimate of drug-likeness (QED) is 0.473. The first kappa shape index (κ1) is 10.3. The molecule has 0 fully saturated rings. The zero-order valence-corrected chi connectivity index (χ0v) is 6.35. The van der Waals surface area contributed by atoms with Crippen LogP contribution in [0.3, 0.4) is 0 Å². The standard InChI is InChI=1S/C6H14FN3O/c7-2-1-5(9)6(11)10-4-3-8/h5H,1-4,8-9H2,(H,10,11). The van der Waals surface area contributed by atoms with E-state index < -0.39 is 12.7 Å². The van der Waals surface area contributed by atoms with Crippen molar-refractivity contribution >= 4 is 5.91 Å². The fraction of sp³-hybridized carbons (Fsp3) is 0.833. The maximum Gasteiger partial charge on any atom is 0.237 e. The second-order valence-corrected chi connectivity index (χ2v) is 2.16. The smallest absolute Gasteiger partial charge is 0.237 e. The van der Waals surface area contributed by atoms with Crippen LogP contribution in [0.25, 0.3) is 0 Å². The Morgan fingerprint density at radius 1 is 1.64 bits per heavy atom. The van der Waals surface area contributed by atoms with E-state index in [0.29, 0.717) is 13.1 Å². The summed E-state index contributed by atoms with van der Waals surface area (Å²) >= 11 is 0. The van der Waals surface area contributed by atoms with Crippen LogP contribution in [0.5, 0.6) is 0 Å². The first-order valence-electron chi connectivity index (χ1n) is 3.51. The van der Waals surface area contributed by atoms with Crippen LogP contribution in [0.15, 0.2) is 0 Å². The molecule has 1 atom stereocenters. The summed E-state index contributed by atoms with van der Waals surface area (Å²) in [7, 11) is 0. The Balaban J connectivity index is 3.47. The van der Waals surface area contributed by atoms with Crippen LogP contribution >= 0.6 is 0 Å². The molecule has 0 saturated carbocycles. The van der Waals surface area contributed by atoms with Crippen molar-refractivity contribution in [2.75, 3.05) is 19.8 Å². The molecule has 0 rings (SSSR count). The maximum absolute atomic E-state index is 11.6. The molecular formula is C6H14FN3O. The molecule has 5 N–H and O–H groups in total. The summed E-state index contributed by atoms with van der Waals surface area (Å²) in [6.45, 7) is 0.185. The van der Waals surface area contributed by atoms with Gasteiger partial charge in [-0.2, -0.15) is 0 Å². The molecule has 0 spiro atoms. The third kappa shape index (κ3) is 4.69. The van der Waals surface area contributed by atoms with Crippen LogP contribution in [0.4, 0.5) is 4.39 Å². The van der Waals surface area contributed by atoms with Gasteiger partial charge in [-0.25, -0.2) is 0 Å². The number of hydrogen-bond donors (Lipinski definition) is 3. The molecule has 4 nitrogen and oxygen atoms in total. The van der Waals surface area contributed by atoms with Gasteiger partial charge in [-0.05, 0) is 6.42 Å². The first-order valence-corrected chi connectivity index (χ1v) is 3.51. The lowest BCUT2D eigenvalue weighted by atomic mass is 10.2. The predicted molar refractivity (Wildman–Crippen MR) is 40.6 cm³/mol. The second-order valence-electron chi connectivity index (χ2n) is 2.16. The van der Waals surface area contributed by atoms with Crippen LogP contribution in [-0.2, 0) is 4.79 Å². The number of carbonyl (C=O) groups excluding carboxylic acids is 1. The van der Waals surface area contributed by atoms with Crippen molar-refractivity contribution in [2.24, 2.45) is 11.5 Å². The van der Waals surface area contributed by atoms with Crippen molar-refractivity contribution in [1.29, 1.82) is 0 Å². The van der Waals surface area contributed by atoms with Gasteiger partial charge in [0.25, 0.3) is 0 Å². The number of rotatable bonds is 5. The Bertz CT molecular complexity index is 120. The van der Waals surface area contributed by atoms with Gasteiger partial charge >= 0.3 is 0 Å². The fourth-order valence-electron chi connectivity index (χ4n) is 0.575. The van der Waals surface area contributed by atoms with E-state index in [1.807, 2.05) is 0 Å². The van der Waals surface area contributed by atoms with E-state index in [4.69, 9.17) is 11.5 Å². The molecule has 0 aromatic rings. The summed E-state index contributed by atoms with van der Waals surface area (Å²) < 4.78 is 11.6. The third-order valence-electron chi connectivity index (χ3n) is 1.20. The van der Waals surface area contributed by atoms with Crippen LogP contribution in [-0.4, -0.2) is 31.7 Å². The van der Waals surface area contributed by atoms with Gasteiger partial charge in [0.05, 0.1) is 12.7 Å². The number of hydrogen-bond acceptors (Lipinski definition) is 3. The lowest BCUT2D eigenvalue weighted by Crippen LogP contribution is -2.42. The van der Waals surface area contributed by atoms with Crippen LogP contribution < -0.4 is 16.8 Å². The molecule has 0 heterocycles. The normalized spacial score (nSPS) is 12.6. The van der Waals surface area contributed by atoms with Gasteiger partial charge in [0.2, 0.25) is 5.91 Å². The average Bonchev–Trinajstić information content (AvgIpc) is 2.00. The maximum atomic E-state index is 11.6. The van der Waals surface area contributed by atoms with Crippen molar-refractivity contribution < 1.29 is 9.18 Å². The zero-order chi connectivity index (χ0) is 8.69.